The minimum Gasteiger partial charge on any atom is -0.422 e. The molecule has 0 aliphatic carbocycles. The molecule has 1 saturated heterocycles. The van der Waals surface area contributed by atoms with Crippen LogP contribution in [-0.4, -0.2) is 30.2 Å². The second kappa shape index (κ2) is 6.72. The van der Waals surface area contributed by atoms with Gasteiger partial charge in [-0.25, -0.2) is 4.79 Å². The van der Waals surface area contributed by atoms with Crippen molar-refractivity contribution >= 4 is 38.1 Å². The van der Waals surface area contributed by atoms with Crippen LogP contribution in [0.2, 0.25) is 0 Å². The average molecular weight is 391 g/mol. The number of anilines is 1. The van der Waals surface area contributed by atoms with E-state index in [1.165, 1.54) is 0 Å². The van der Waals surface area contributed by atoms with Crippen LogP contribution in [0, 0.1) is 0 Å². The third-order valence-electron chi connectivity index (χ3n) is 5.22. The number of benzene rings is 1. The summed E-state index contributed by atoms with van der Waals surface area (Å²) in [5.41, 5.74) is 2.03. The lowest BCUT2D eigenvalue weighted by molar-refractivity contribution is 0.407. The molecule has 1 N–H and O–H groups in total. The number of nitrogens with zero attached hydrogens (tertiary/aromatic N) is 2. The molecular weight excluding hydrogens is 370 g/mol. The summed E-state index contributed by atoms with van der Waals surface area (Å²) in [6, 6.07) is 12.9. The number of nitrogens with one attached hydrogen (secondary N) is 1. The molecule has 0 spiro atoms. The van der Waals surface area contributed by atoms with Gasteiger partial charge in [-0.2, -0.15) is 0 Å². The third-order valence-corrected chi connectivity index (χ3v) is 6.37. The van der Waals surface area contributed by atoms with Crippen LogP contribution in [0.5, 0.6) is 0 Å². The lowest BCUT2D eigenvalue weighted by Crippen LogP contribution is -2.54. The first-order valence-electron chi connectivity index (χ1n) is 9.50. The Bertz CT molecular complexity index is 1190. The number of hydrogen-bond donors (Lipinski definition) is 1. The van der Waals surface area contributed by atoms with E-state index in [4.69, 9.17) is 4.42 Å². The van der Waals surface area contributed by atoms with Crippen LogP contribution in [-0.2, 0) is 0 Å². The fourth-order valence-corrected chi connectivity index (χ4v) is 5.06. The molecule has 5 nitrogen and oxygen atoms in total. The monoisotopic (exact) mass is 391 g/mol. The predicted molar refractivity (Wildman–Crippen MR) is 115 cm³/mol. The van der Waals surface area contributed by atoms with Crippen LogP contribution in [0.1, 0.15) is 13.8 Å². The van der Waals surface area contributed by atoms with E-state index in [0.29, 0.717) is 23.2 Å². The Morgan fingerprint density at radius 1 is 1.11 bits per heavy atom. The van der Waals surface area contributed by atoms with Gasteiger partial charge in [0.05, 0.1) is 5.56 Å². The predicted octanol–water partition coefficient (Wildman–Crippen LogP) is 4.26. The molecule has 142 valence electrons. The van der Waals surface area contributed by atoms with Crippen LogP contribution < -0.4 is 15.8 Å². The largest absolute Gasteiger partial charge is 0.422 e. The van der Waals surface area contributed by atoms with Gasteiger partial charge in [0.15, 0.2) is 0 Å². The molecule has 2 atom stereocenters. The van der Waals surface area contributed by atoms with Crippen molar-refractivity contribution in [2.45, 2.75) is 25.9 Å². The average Bonchev–Trinajstić information content (AvgIpc) is 3.10. The summed E-state index contributed by atoms with van der Waals surface area (Å²) in [6.45, 7) is 6.26. The van der Waals surface area contributed by atoms with Gasteiger partial charge in [0.2, 0.25) is 0 Å². The zero-order chi connectivity index (χ0) is 19.3. The Morgan fingerprint density at radius 2 is 1.93 bits per heavy atom. The van der Waals surface area contributed by atoms with Gasteiger partial charge in [-0.1, -0.05) is 0 Å². The molecule has 1 aromatic carbocycles. The summed E-state index contributed by atoms with van der Waals surface area (Å²) in [6.07, 6.45) is 3.59. The number of rotatable bonds is 2. The summed E-state index contributed by atoms with van der Waals surface area (Å²) in [4.78, 5) is 20.1. The van der Waals surface area contributed by atoms with E-state index < -0.39 is 0 Å². The molecule has 0 radical (unpaired) electrons. The maximum absolute atomic E-state index is 12.7. The van der Waals surface area contributed by atoms with Crippen molar-refractivity contribution in [3.05, 3.63) is 59.2 Å². The zero-order valence-corrected chi connectivity index (χ0v) is 16.6. The van der Waals surface area contributed by atoms with Crippen LogP contribution >= 0.6 is 11.3 Å². The lowest BCUT2D eigenvalue weighted by atomic mass is 10.1. The van der Waals surface area contributed by atoms with Crippen LogP contribution in [0.25, 0.3) is 31.5 Å². The summed E-state index contributed by atoms with van der Waals surface area (Å²) in [5, 5.41) is 5.52. The van der Waals surface area contributed by atoms with E-state index in [1.54, 1.807) is 17.5 Å². The quantitative estimate of drug-likeness (QED) is 0.518. The maximum Gasteiger partial charge on any atom is 0.345 e. The van der Waals surface area contributed by atoms with Crippen LogP contribution in [0.3, 0.4) is 0 Å². The van der Waals surface area contributed by atoms with E-state index in [0.717, 1.165) is 39.1 Å². The number of thiophene rings is 1. The molecule has 5 rings (SSSR count). The SMILES string of the molecule is C[C@@H]1CN(c2ccc3cc(-c4cc5cnccc5s4)c(=O)oc3c2)C[C@H](C)N1. The second-order valence-corrected chi connectivity index (χ2v) is 8.65. The first-order chi connectivity index (χ1) is 13.6. The van der Waals surface area contributed by atoms with E-state index >= 15 is 0 Å². The normalized spacial score (nSPS) is 20.1. The third kappa shape index (κ3) is 3.08. The van der Waals surface area contributed by atoms with E-state index in [2.05, 4.69) is 35.1 Å². The molecular formula is C22H21N3O2S. The van der Waals surface area contributed by atoms with Crippen molar-refractivity contribution in [2.24, 2.45) is 0 Å². The molecule has 0 amide bonds. The molecule has 3 aromatic heterocycles. The number of hydrogen-bond acceptors (Lipinski definition) is 6. The Morgan fingerprint density at radius 3 is 2.71 bits per heavy atom. The zero-order valence-electron chi connectivity index (χ0n) is 15.8. The Balaban J connectivity index is 1.55. The maximum atomic E-state index is 12.7. The highest BCUT2D eigenvalue weighted by Crippen LogP contribution is 2.33. The molecule has 28 heavy (non-hydrogen) atoms. The van der Waals surface area contributed by atoms with Gasteiger partial charge in [0.1, 0.15) is 5.58 Å². The Labute approximate surface area is 166 Å². The van der Waals surface area contributed by atoms with Crippen molar-refractivity contribution < 1.29 is 4.42 Å². The number of aromatic nitrogens is 1. The standard InChI is InChI=1S/C22H21N3O2S/c1-13-11-25(12-14(2)24-13)17-4-3-15-7-18(22(26)27-19(15)9-17)21-8-16-10-23-6-5-20(16)28-21/h3-10,13-14,24H,11-12H2,1-2H3/t13-,14+. The van der Waals surface area contributed by atoms with Gasteiger partial charge in [0.25, 0.3) is 0 Å². The van der Waals surface area contributed by atoms with Crippen molar-refractivity contribution in [3.8, 4) is 10.4 Å². The van der Waals surface area contributed by atoms with Crippen molar-refractivity contribution in [1.82, 2.24) is 10.3 Å². The van der Waals surface area contributed by atoms with Gasteiger partial charge in [-0.15, -0.1) is 11.3 Å². The highest BCUT2D eigenvalue weighted by Gasteiger charge is 2.21. The lowest BCUT2D eigenvalue weighted by Gasteiger charge is -2.37. The first-order valence-corrected chi connectivity index (χ1v) is 10.3. The highest BCUT2D eigenvalue weighted by molar-refractivity contribution is 7.22. The summed E-state index contributed by atoms with van der Waals surface area (Å²) < 4.78 is 6.83. The molecule has 1 aliphatic rings. The van der Waals surface area contributed by atoms with Crippen LogP contribution in [0.15, 0.2) is 58.0 Å². The number of piperazine rings is 1. The van der Waals surface area contributed by atoms with E-state index in [9.17, 15) is 4.79 Å². The van der Waals surface area contributed by atoms with Crippen LogP contribution in [0.4, 0.5) is 5.69 Å². The topological polar surface area (TPSA) is 58.4 Å². The fourth-order valence-electron chi connectivity index (χ4n) is 4.02. The summed E-state index contributed by atoms with van der Waals surface area (Å²) in [5.74, 6) is 0. The summed E-state index contributed by atoms with van der Waals surface area (Å²) in [7, 11) is 0. The minimum atomic E-state index is -0.300. The number of fused-ring (bicyclic) bond motifs is 2. The van der Waals surface area contributed by atoms with Gasteiger partial charge in [0, 0.05) is 69.7 Å². The smallest absolute Gasteiger partial charge is 0.345 e. The first kappa shape index (κ1) is 17.4. The van der Waals surface area contributed by atoms with E-state index in [1.807, 2.05) is 36.5 Å². The fraction of sp³-hybridized carbons (Fsp3) is 0.273. The van der Waals surface area contributed by atoms with Gasteiger partial charge < -0.3 is 14.6 Å². The molecule has 0 bridgehead atoms. The molecule has 1 fully saturated rings. The van der Waals surface area contributed by atoms with Crippen molar-refractivity contribution in [2.75, 3.05) is 18.0 Å². The molecule has 0 saturated carbocycles. The minimum absolute atomic E-state index is 0.300. The molecule has 4 aromatic rings. The molecule has 0 unspecified atom stereocenters. The van der Waals surface area contributed by atoms with Crippen molar-refractivity contribution in [3.63, 3.8) is 0 Å². The molecule has 4 heterocycles. The second-order valence-electron chi connectivity index (χ2n) is 7.57. The summed E-state index contributed by atoms with van der Waals surface area (Å²) >= 11 is 1.58. The number of pyridine rings is 1. The van der Waals surface area contributed by atoms with Gasteiger partial charge >= 0.3 is 5.63 Å². The Kier molecular flexibility index (Phi) is 4.18. The highest BCUT2D eigenvalue weighted by atomic mass is 32.1. The Hall–Kier alpha value is -2.70. The van der Waals surface area contributed by atoms with Gasteiger partial charge in [-0.05, 0) is 44.2 Å². The van der Waals surface area contributed by atoms with Crippen molar-refractivity contribution in [1.29, 1.82) is 0 Å². The van der Waals surface area contributed by atoms with E-state index in [-0.39, 0.29) is 5.63 Å². The van der Waals surface area contributed by atoms with Gasteiger partial charge in [-0.3, -0.25) is 4.98 Å². The molecule has 6 heteroatoms. The molecule has 1 aliphatic heterocycles.